The zero-order valence-corrected chi connectivity index (χ0v) is 8.94. The molecule has 0 amide bonds. The van der Waals surface area contributed by atoms with Crippen molar-refractivity contribution < 1.29 is 4.43 Å². The van der Waals surface area contributed by atoms with Crippen LogP contribution in [0.3, 0.4) is 0 Å². The van der Waals surface area contributed by atoms with E-state index in [2.05, 4.69) is 6.92 Å². The Hall–Kier alpha value is 0.757. The molecule has 10 heavy (non-hydrogen) atoms. The van der Waals surface area contributed by atoms with E-state index in [1.54, 1.807) is 0 Å². The van der Waals surface area contributed by atoms with E-state index in [0.29, 0.717) is 5.88 Å². The minimum absolute atomic E-state index is 0.700. The summed E-state index contributed by atoms with van der Waals surface area (Å²) in [7, 11) is -1.35. The summed E-state index contributed by atoms with van der Waals surface area (Å²) in [5.74, 6) is 0.700. The SMILES string of the molecule is CCCO[SiH](Cl)CCCCl. The van der Waals surface area contributed by atoms with Gasteiger partial charge in [0.25, 0.3) is 8.35 Å². The van der Waals surface area contributed by atoms with Gasteiger partial charge in [-0.1, -0.05) is 6.92 Å². The quantitative estimate of drug-likeness (QED) is 0.364. The minimum atomic E-state index is -1.35. The molecule has 0 saturated heterocycles. The highest BCUT2D eigenvalue weighted by atomic mass is 35.6. The summed E-state index contributed by atoms with van der Waals surface area (Å²) in [6, 6.07) is 0.991. The molecular formula is C6H14Cl2OSi. The molecule has 0 rings (SSSR count). The van der Waals surface area contributed by atoms with Crippen molar-refractivity contribution in [2.45, 2.75) is 25.8 Å². The third-order valence-corrected chi connectivity index (χ3v) is 3.83. The van der Waals surface area contributed by atoms with Crippen LogP contribution in [-0.2, 0) is 4.43 Å². The van der Waals surface area contributed by atoms with Crippen molar-refractivity contribution in [2.75, 3.05) is 12.5 Å². The van der Waals surface area contributed by atoms with E-state index in [4.69, 9.17) is 27.1 Å². The molecule has 1 unspecified atom stereocenters. The molecule has 62 valence electrons. The molecule has 0 aliphatic rings. The zero-order chi connectivity index (χ0) is 7.82. The molecule has 0 heterocycles. The van der Waals surface area contributed by atoms with Gasteiger partial charge in [0, 0.05) is 12.5 Å². The van der Waals surface area contributed by atoms with Gasteiger partial charge in [-0.25, -0.2) is 0 Å². The van der Waals surface area contributed by atoms with E-state index in [0.717, 1.165) is 25.5 Å². The van der Waals surface area contributed by atoms with E-state index in [1.807, 2.05) is 0 Å². The van der Waals surface area contributed by atoms with Crippen LogP contribution in [-0.4, -0.2) is 20.8 Å². The normalized spacial score (nSPS) is 13.5. The largest absolute Gasteiger partial charge is 0.405 e. The number of hydrogen-bond acceptors (Lipinski definition) is 1. The molecule has 0 aliphatic carbocycles. The van der Waals surface area contributed by atoms with Crippen LogP contribution in [0, 0.1) is 0 Å². The zero-order valence-electron chi connectivity index (χ0n) is 6.28. The molecule has 0 N–H and O–H groups in total. The first-order valence-electron chi connectivity index (χ1n) is 3.63. The van der Waals surface area contributed by atoms with Crippen molar-refractivity contribution in [3.8, 4) is 0 Å². The molecule has 0 aromatic heterocycles. The van der Waals surface area contributed by atoms with E-state index in [9.17, 15) is 0 Å². The summed E-state index contributed by atoms with van der Waals surface area (Å²) < 4.78 is 5.34. The monoisotopic (exact) mass is 200 g/mol. The Morgan fingerprint density at radius 2 is 2.20 bits per heavy atom. The first kappa shape index (κ1) is 10.8. The second-order valence-electron chi connectivity index (χ2n) is 2.11. The Morgan fingerprint density at radius 1 is 1.50 bits per heavy atom. The van der Waals surface area contributed by atoms with Gasteiger partial charge in [-0.3, -0.25) is 0 Å². The number of rotatable bonds is 6. The van der Waals surface area contributed by atoms with Crippen molar-refractivity contribution in [3.63, 3.8) is 0 Å². The van der Waals surface area contributed by atoms with Gasteiger partial charge in [0.1, 0.15) is 0 Å². The van der Waals surface area contributed by atoms with Crippen LogP contribution in [0.5, 0.6) is 0 Å². The van der Waals surface area contributed by atoms with Gasteiger partial charge in [-0.15, -0.1) is 22.7 Å². The van der Waals surface area contributed by atoms with Gasteiger partial charge in [0.15, 0.2) is 0 Å². The fourth-order valence-corrected chi connectivity index (χ4v) is 2.89. The molecule has 0 fully saturated rings. The molecule has 1 atom stereocenters. The fourth-order valence-electron chi connectivity index (χ4n) is 0.567. The van der Waals surface area contributed by atoms with Crippen molar-refractivity contribution >= 4 is 31.0 Å². The van der Waals surface area contributed by atoms with Gasteiger partial charge < -0.3 is 4.43 Å². The van der Waals surface area contributed by atoms with Gasteiger partial charge in [0.05, 0.1) is 0 Å². The van der Waals surface area contributed by atoms with Crippen LogP contribution in [0.1, 0.15) is 19.8 Å². The maximum Gasteiger partial charge on any atom is 0.274 e. The van der Waals surface area contributed by atoms with Crippen LogP contribution < -0.4 is 0 Å². The second-order valence-corrected chi connectivity index (χ2v) is 5.68. The Kier molecular flexibility index (Phi) is 8.45. The lowest BCUT2D eigenvalue weighted by Gasteiger charge is -2.06. The number of hydrogen-bond donors (Lipinski definition) is 0. The average molecular weight is 201 g/mol. The van der Waals surface area contributed by atoms with Gasteiger partial charge in [0.2, 0.25) is 0 Å². The number of alkyl halides is 1. The lowest BCUT2D eigenvalue weighted by molar-refractivity contribution is 0.329. The first-order chi connectivity index (χ1) is 4.81. The highest BCUT2D eigenvalue weighted by molar-refractivity contribution is 7.03. The van der Waals surface area contributed by atoms with E-state index >= 15 is 0 Å². The highest BCUT2D eigenvalue weighted by Crippen LogP contribution is 2.05. The van der Waals surface area contributed by atoms with Crippen molar-refractivity contribution in [1.82, 2.24) is 0 Å². The summed E-state index contributed by atoms with van der Waals surface area (Å²) in [4.78, 5) is 0. The molecule has 0 aromatic carbocycles. The van der Waals surface area contributed by atoms with Crippen LogP contribution in [0.15, 0.2) is 0 Å². The second kappa shape index (κ2) is 7.86. The molecule has 0 saturated carbocycles. The molecule has 1 nitrogen and oxygen atoms in total. The van der Waals surface area contributed by atoms with Crippen LogP contribution in [0.2, 0.25) is 6.04 Å². The van der Waals surface area contributed by atoms with Crippen molar-refractivity contribution in [2.24, 2.45) is 0 Å². The third-order valence-electron chi connectivity index (χ3n) is 1.07. The maximum atomic E-state index is 5.90. The van der Waals surface area contributed by atoms with Crippen LogP contribution in [0.4, 0.5) is 0 Å². The van der Waals surface area contributed by atoms with Crippen molar-refractivity contribution in [3.05, 3.63) is 0 Å². The summed E-state index contributed by atoms with van der Waals surface area (Å²) in [5.41, 5.74) is 0. The molecule has 0 radical (unpaired) electrons. The highest BCUT2D eigenvalue weighted by Gasteiger charge is 2.05. The molecule has 0 aliphatic heterocycles. The van der Waals surface area contributed by atoms with Gasteiger partial charge in [-0.2, -0.15) is 0 Å². The van der Waals surface area contributed by atoms with Gasteiger partial charge in [-0.05, 0) is 18.9 Å². The lowest BCUT2D eigenvalue weighted by Crippen LogP contribution is -2.10. The smallest absolute Gasteiger partial charge is 0.274 e. The third kappa shape index (κ3) is 6.87. The topological polar surface area (TPSA) is 9.23 Å². The fraction of sp³-hybridized carbons (Fsp3) is 1.00. The first-order valence-corrected chi connectivity index (χ1v) is 7.19. The number of halogens is 2. The molecule has 0 spiro atoms. The molecule has 4 heteroatoms. The molecule has 0 aromatic rings. The van der Waals surface area contributed by atoms with E-state index < -0.39 is 8.35 Å². The maximum absolute atomic E-state index is 5.90. The Bertz CT molecular complexity index is 64.8. The van der Waals surface area contributed by atoms with Gasteiger partial charge >= 0.3 is 0 Å². The summed E-state index contributed by atoms with van der Waals surface area (Å²) in [6.07, 6.45) is 2.04. The standard InChI is InChI=1S/C6H14Cl2OSi/c1-2-5-9-10(8)6-3-4-7/h10H,2-6H2,1H3. The van der Waals surface area contributed by atoms with E-state index in [-0.39, 0.29) is 0 Å². The van der Waals surface area contributed by atoms with Crippen molar-refractivity contribution in [1.29, 1.82) is 0 Å². The summed E-state index contributed by atoms with van der Waals surface area (Å²) in [5, 5.41) is 0. The lowest BCUT2D eigenvalue weighted by atomic mass is 10.5. The Morgan fingerprint density at radius 3 is 2.70 bits per heavy atom. The Labute approximate surface area is 74.1 Å². The van der Waals surface area contributed by atoms with Crippen LogP contribution in [0.25, 0.3) is 0 Å². The summed E-state index contributed by atoms with van der Waals surface area (Å²) >= 11 is 11.4. The Balaban J connectivity index is 3.00. The van der Waals surface area contributed by atoms with E-state index in [1.165, 1.54) is 0 Å². The predicted octanol–water partition coefficient (Wildman–Crippen LogP) is 2.50. The minimum Gasteiger partial charge on any atom is -0.405 e. The predicted molar refractivity (Wildman–Crippen MR) is 49.4 cm³/mol. The molecule has 0 bridgehead atoms. The average Bonchev–Trinajstić information content (AvgIpc) is 1.97. The van der Waals surface area contributed by atoms with Crippen LogP contribution >= 0.6 is 22.7 Å². The summed E-state index contributed by atoms with van der Waals surface area (Å²) in [6.45, 7) is 2.89. The molecular weight excluding hydrogens is 187 g/mol.